The maximum atomic E-state index is 3.31. The van der Waals surface area contributed by atoms with Crippen LogP contribution in [0.5, 0.6) is 0 Å². The van der Waals surface area contributed by atoms with Gasteiger partial charge in [-0.1, -0.05) is 174 Å². The number of unbranched alkanes of at least 4 members (excludes halogenated alkanes) is 2. The fraction of sp³-hybridized carbons (Fsp3) is 0.276. The van der Waals surface area contributed by atoms with Crippen molar-refractivity contribution in [1.82, 2.24) is 0 Å². The van der Waals surface area contributed by atoms with Crippen LogP contribution in [-0.2, 0) is 38.7 Å². The van der Waals surface area contributed by atoms with E-state index in [1.807, 2.05) is 6.07 Å². The van der Waals surface area contributed by atoms with Crippen molar-refractivity contribution < 1.29 is 25.8 Å². The predicted molar refractivity (Wildman–Crippen MR) is 260 cm³/mol. The van der Waals surface area contributed by atoms with Gasteiger partial charge in [0.2, 0.25) is 0 Å². The first-order valence-electron chi connectivity index (χ1n) is 22.4. The van der Waals surface area contributed by atoms with Crippen molar-refractivity contribution in [3.05, 3.63) is 180 Å². The Hall–Kier alpha value is -4.37. The SMILES string of the molecule is CCCCc1ccccc1-c1cccc2[cH-]c(C(C)CC)cc12.CCCCc1ccccc1-c1cccc2[cH-]c(C(C)CC)cc12.[Hf].[c-]1cccc2c1[Si]c1ccccc1-2. The van der Waals surface area contributed by atoms with E-state index in [4.69, 9.17) is 0 Å². The molecule has 0 aliphatic carbocycles. The first-order chi connectivity index (χ1) is 28.9. The molecule has 2 unspecified atom stereocenters. The molecule has 0 spiro atoms. The third-order valence-electron chi connectivity index (χ3n) is 12.5. The van der Waals surface area contributed by atoms with Crippen LogP contribution in [-0.4, -0.2) is 9.52 Å². The van der Waals surface area contributed by atoms with E-state index < -0.39 is 0 Å². The largest absolute Gasteiger partial charge is 0.184 e. The molecule has 0 N–H and O–H groups in total. The van der Waals surface area contributed by atoms with Crippen LogP contribution in [0.2, 0.25) is 0 Å². The molecule has 8 aromatic carbocycles. The van der Waals surface area contributed by atoms with E-state index >= 15 is 0 Å². The number of benzene rings is 6. The minimum Gasteiger partial charge on any atom is -0.184 e. The fourth-order valence-electron chi connectivity index (χ4n) is 8.49. The van der Waals surface area contributed by atoms with Crippen molar-refractivity contribution in [2.45, 2.75) is 105 Å². The van der Waals surface area contributed by atoms with E-state index in [0.29, 0.717) is 11.8 Å². The van der Waals surface area contributed by atoms with Crippen molar-refractivity contribution >= 4 is 41.4 Å². The molecule has 2 radical (unpaired) electrons. The zero-order valence-corrected chi connectivity index (χ0v) is 41.3. The van der Waals surface area contributed by atoms with Gasteiger partial charge < -0.3 is 0 Å². The maximum absolute atomic E-state index is 3.31. The van der Waals surface area contributed by atoms with Gasteiger partial charge in [-0.25, -0.2) is 0 Å². The van der Waals surface area contributed by atoms with Crippen LogP contribution < -0.4 is 10.4 Å². The van der Waals surface area contributed by atoms with Crippen molar-refractivity contribution in [2.24, 2.45) is 0 Å². The minimum atomic E-state index is 0. The van der Waals surface area contributed by atoms with Gasteiger partial charge in [0.15, 0.2) is 0 Å². The third-order valence-corrected chi connectivity index (χ3v) is 13.8. The Labute approximate surface area is 382 Å². The molecule has 304 valence electrons. The number of aryl methyl sites for hydroxylation is 2. The molecule has 1 heterocycles. The fourth-order valence-corrected chi connectivity index (χ4v) is 9.80. The van der Waals surface area contributed by atoms with Gasteiger partial charge in [0, 0.05) is 25.8 Å². The van der Waals surface area contributed by atoms with E-state index in [1.165, 1.54) is 139 Å². The van der Waals surface area contributed by atoms with Gasteiger partial charge in [-0.15, -0.1) is 74.6 Å². The minimum absolute atomic E-state index is 0. The summed E-state index contributed by atoms with van der Waals surface area (Å²) in [6, 6.07) is 59.1. The quantitative estimate of drug-likeness (QED) is 0.0845. The molecule has 1 aliphatic heterocycles. The Kier molecular flexibility index (Phi) is 16.5. The standard InChI is InChI=1S/2C23H27.C12H7Si.Hf/c2*1-4-6-10-18-11-7-8-13-21(18)22-14-9-12-19-15-20(16-23(19)22)17(3)5-2;1-3-7-11-9(5-1)10-6-2-4-8-12(10)13-11;/h2*7-9,11-17H,4-6,10H2,1-3H3;1-7H;/q3*-1;. The van der Waals surface area contributed by atoms with Crippen LogP contribution in [0.3, 0.4) is 0 Å². The summed E-state index contributed by atoms with van der Waals surface area (Å²) in [6.07, 6.45) is 9.72. The topological polar surface area (TPSA) is 0 Å². The first-order valence-corrected chi connectivity index (χ1v) is 23.4. The summed E-state index contributed by atoms with van der Waals surface area (Å²) < 4.78 is 0. The van der Waals surface area contributed by atoms with E-state index in [2.05, 4.69) is 193 Å². The van der Waals surface area contributed by atoms with Gasteiger partial charge in [-0.2, -0.15) is 41.6 Å². The molecule has 1 aliphatic rings. The molecule has 0 fully saturated rings. The van der Waals surface area contributed by atoms with Crippen molar-refractivity contribution in [1.29, 1.82) is 0 Å². The van der Waals surface area contributed by atoms with Crippen LogP contribution in [0.25, 0.3) is 54.9 Å². The molecule has 0 aromatic heterocycles. The molecule has 9 rings (SSSR count). The summed E-state index contributed by atoms with van der Waals surface area (Å²) in [5.74, 6) is 1.26. The Morgan fingerprint density at radius 2 is 0.950 bits per heavy atom. The van der Waals surface area contributed by atoms with Crippen LogP contribution in [0.4, 0.5) is 0 Å². The van der Waals surface area contributed by atoms with E-state index in [9.17, 15) is 0 Å². The first kappa shape index (κ1) is 45.2. The van der Waals surface area contributed by atoms with Gasteiger partial charge in [0.1, 0.15) is 0 Å². The smallest absolute Gasteiger partial charge is 0.0920 e. The van der Waals surface area contributed by atoms with Crippen molar-refractivity contribution in [3.63, 3.8) is 0 Å². The Morgan fingerprint density at radius 3 is 1.45 bits per heavy atom. The molecular weight excluding hydrogens is 903 g/mol. The van der Waals surface area contributed by atoms with Crippen LogP contribution >= 0.6 is 0 Å². The maximum Gasteiger partial charge on any atom is 0.0920 e. The zero-order valence-electron chi connectivity index (χ0n) is 36.7. The second kappa shape index (κ2) is 21.9. The molecule has 60 heavy (non-hydrogen) atoms. The summed E-state index contributed by atoms with van der Waals surface area (Å²) in [7, 11) is 0.795. The third kappa shape index (κ3) is 10.4. The molecule has 8 aromatic rings. The molecule has 2 atom stereocenters. The van der Waals surface area contributed by atoms with Gasteiger partial charge in [-0.05, 0) is 59.8 Å². The number of hydrogen-bond donors (Lipinski definition) is 0. The summed E-state index contributed by atoms with van der Waals surface area (Å²) >= 11 is 0. The summed E-state index contributed by atoms with van der Waals surface area (Å²) in [6.45, 7) is 13.7. The normalized spacial score (nSPS) is 12.4. The average Bonchev–Trinajstić information content (AvgIpc) is 4.03. The summed E-state index contributed by atoms with van der Waals surface area (Å²) in [4.78, 5) is 0. The molecule has 0 amide bonds. The van der Waals surface area contributed by atoms with Gasteiger partial charge >= 0.3 is 0 Å². The van der Waals surface area contributed by atoms with Crippen molar-refractivity contribution in [2.75, 3.05) is 0 Å². The molecule has 2 heteroatoms. The van der Waals surface area contributed by atoms with Gasteiger partial charge in [-0.3, -0.25) is 0 Å². The second-order valence-corrected chi connectivity index (χ2v) is 17.8. The van der Waals surface area contributed by atoms with E-state index in [0.717, 1.165) is 9.52 Å². The summed E-state index contributed by atoms with van der Waals surface area (Å²) in [5.41, 5.74) is 14.3. The van der Waals surface area contributed by atoms with Crippen LogP contribution in [0, 0.1) is 6.07 Å². The zero-order chi connectivity index (χ0) is 41.1. The van der Waals surface area contributed by atoms with Crippen LogP contribution in [0.1, 0.15) is 114 Å². The van der Waals surface area contributed by atoms with Crippen LogP contribution in [0.15, 0.2) is 152 Å². The second-order valence-electron chi connectivity index (χ2n) is 16.5. The van der Waals surface area contributed by atoms with Gasteiger partial charge in [0.05, 0.1) is 9.52 Å². The molecular formula is C58H61HfSi-3. The molecule has 0 bridgehead atoms. The number of rotatable bonds is 12. The Morgan fingerprint density at radius 1 is 0.500 bits per heavy atom. The average molecular weight is 965 g/mol. The molecule has 0 saturated carbocycles. The van der Waals surface area contributed by atoms with E-state index in [-0.39, 0.29) is 25.8 Å². The van der Waals surface area contributed by atoms with Gasteiger partial charge in [0.25, 0.3) is 0 Å². The molecule has 0 saturated heterocycles. The van der Waals surface area contributed by atoms with Crippen molar-refractivity contribution in [3.8, 4) is 33.4 Å². The summed E-state index contributed by atoms with van der Waals surface area (Å²) in [5, 5.41) is 8.40. The molecule has 0 nitrogen and oxygen atoms in total. The Balaban J connectivity index is 0.000000155. The predicted octanol–water partition coefficient (Wildman–Crippen LogP) is 15.3. The monoisotopic (exact) mass is 965 g/mol. The number of fused-ring (bicyclic) bond motifs is 5. The Bertz CT molecular complexity index is 2400. The van der Waals surface area contributed by atoms with E-state index in [1.54, 1.807) is 0 Å². The number of hydrogen-bond acceptors (Lipinski definition) is 0.